The summed E-state index contributed by atoms with van der Waals surface area (Å²) in [7, 11) is 1.93. The first-order valence-electron chi connectivity index (χ1n) is 16.3. The standard InChI is InChI=1S/C34H49N5O6S/c1-6-22(4)30(38-32(44)27-14-10-11-17-39(27)5)33(45)36-25(21(2)3)19-28(40)34-37-26(20-46-34)31(43)35-24(15-16-29(41)42)18-23-12-8-7-9-13-23/h7-9,12-13,20-22,24-25,27,30H,6,10-11,14-19H2,1-5H3,(H,35,43)(H,36,45)(H,38,44)(H,41,42)/t22-,24+,25+,27+,30-/m0/s1. The molecule has 252 valence electrons. The van der Waals surface area contributed by atoms with E-state index in [9.17, 15) is 29.1 Å². The van der Waals surface area contributed by atoms with Gasteiger partial charge < -0.3 is 21.1 Å². The van der Waals surface area contributed by atoms with E-state index in [0.717, 1.165) is 42.7 Å². The Kier molecular flexibility index (Phi) is 14.3. The Morgan fingerprint density at radius 3 is 2.39 bits per heavy atom. The summed E-state index contributed by atoms with van der Waals surface area (Å²) in [4.78, 5) is 70.6. The lowest BCUT2D eigenvalue weighted by atomic mass is 9.94. The largest absolute Gasteiger partial charge is 0.481 e. The van der Waals surface area contributed by atoms with Gasteiger partial charge in [-0.3, -0.25) is 28.9 Å². The van der Waals surface area contributed by atoms with Crippen LogP contribution in [0.2, 0.25) is 0 Å². The van der Waals surface area contributed by atoms with Crippen LogP contribution >= 0.6 is 11.3 Å². The van der Waals surface area contributed by atoms with Crippen LogP contribution in [0.5, 0.6) is 0 Å². The normalized spacial score (nSPS) is 17.8. The highest BCUT2D eigenvalue weighted by atomic mass is 32.1. The third-order valence-electron chi connectivity index (χ3n) is 8.75. The van der Waals surface area contributed by atoms with Gasteiger partial charge in [-0.25, -0.2) is 4.98 Å². The van der Waals surface area contributed by atoms with Crippen LogP contribution in [0.1, 0.15) is 98.5 Å². The van der Waals surface area contributed by atoms with Crippen LogP contribution in [0.3, 0.4) is 0 Å². The molecule has 1 aliphatic rings. The minimum atomic E-state index is -0.949. The lowest BCUT2D eigenvalue weighted by molar-refractivity contribution is -0.137. The first-order valence-corrected chi connectivity index (χ1v) is 17.1. The van der Waals surface area contributed by atoms with Gasteiger partial charge in [-0.15, -0.1) is 11.3 Å². The minimum absolute atomic E-state index is 0.0141. The second-order valence-electron chi connectivity index (χ2n) is 12.7. The third kappa shape index (κ3) is 11.0. The fourth-order valence-electron chi connectivity index (χ4n) is 5.56. The number of carbonyl (C=O) groups is 5. The third-order valence-corrected chi connectivity index (χ3v) is 9.63. The number of hydrogen-bond donors (Lipinski definition) is 4. The quantitative estimate of drug-likeness (QED) is 0.186. The molecule has 2 heterocycles. The number of Topliss-reactive ketones (excluding diaryl/α,β-unsaturated/α-hetero) is 1. The summed E-state index contributed by atoms with van der Waals surface area (Å²) in [6.45, 7) is 8.57. The monoisotopic (exact) mass is 655 g/mol. The summed E-state index contributed by atoms with van der Waals surface area (Å²) in [6.07, 6.45) is 4.06. The Bertz CT molecular complexity index is 1330. The molecule has 2 aromatic rings. The zero-order chi connectivity index (χ0) is 33.8. The highest BCUT2D eigenvalue weighted by molar-refractivity contribution is 7.11. The molecule has 3 rings (SSSR count). The fraction of sp³-hybridized carbons (Fsp3) is 0.588. The summed E-state index contributed by atoms with van der Waals surface area (Å²) in [5.74, 6) is -2.40. The lowest BCUT2D eigenvalue weighted by Crippen LogP contribution is -2.57. The van der Waals surface area contributed by atoms with Gasteiger partial charge in [-0.05, 0) is 56.7 Å². The second kappa shape index (κ2) is 17.9. The van der Waals surface area contributed by atoms with Crippen LogP contribution in [0.4, 0.5) is 0 Å². The molecule has 5 atom stereocenters. The molecular formula is C34H49N5O6S. The topological polar surface area (TPSA) is 158 Å². The van der Waals surface area contributed by atoms with Crippen molar-refractivity contribution >= 4 is 40.8 Å². The molecule has 11 nitrogen and oxygen atoms in total. The van der Waals surface area contributed by atoms with Gasteiger partial charge in [-0.1, -0.05) is 70.9 Å². The van der Waals surface area contributed by atoms with Crippen LogP contribution in [-0.2, 0) is 20.8 Å². The average Bonchev–Trinajstić information content (AvgIpc) is 3.53. The first-order chi connectivity index (χ1) is 21.9. The molecular weight excluding hydrogens is 606 g/mol. The molecule has 1 aromatic heterocycles. The van der Waals surface area contributed by atoms with Gasteiger partial charge in [0, 0.05) is 30.3 Å². The van der Waals surface area contributed by atoms with E-state index in [-0.39, 0.29) is 65.4 Å². The molecule has 0 spiro atoms. The number of carbonyl (C=O) groups excluding carboxylic acids is 4. The molecule has 0 aliphatic carbocycles. The number of aliphatic carboxylic acids is 1. The number of nitrogens with one attached hydrogen (secondary N) is 3. The van der Waals surface area contributed by atoms with Crippen molar-refractivity contribution in [1.82, 2.24) is 25.8 Å². The van der Waals surface area contributed by atoms with Crippen molar-refractivity contribution in [2.24, 2.45) is 11.8 Å². The maximum atomic E-state index is 13.5. The number of amides is 3. The highest BCUT2D eigenvalue weighted by Gasteiger charge is 2.33. The van der Waals surface area contributed by atoms with E-state index in [4.69, 9.17) is 0 Å². The van der Waals surface area contributed by atoms with Crippen molar-refractivity contribution in [3.05, 3.63) is 52.0 Å². The predicted molar refractivity (Wildman–Crippen MR) is 178 cm³/mol. The highest BCUT2D eigenvalue weighted by Crippen LogP contribution is 2.19. The van der Waals surface area contributed by atoms with Gasteiger partial charge in [0.25, 0.3) is 5.91 Å². The zero-order valence-corrected chi connectivity index (χ0v) is 28.4. The number of likely N-dealkylation sites (tertiary alicyclic amines) is 1. The molecule has 1 fully saturated rings. The Labute approximate surface area is 275 Å². The van der Waals surface area contributed by atoms with Crippen molar-refractivity contribution in [3.8, 4) is 0 Å². The van der Waals surface area contributed by atoms with E-state index in [0.29, 0.717) is 12.8 Å². The number of aromatic nitrogens is 1. The van der Waals surface area contributed by atoms with Crippen molar-refractivity contribution in [2.45, 2.75) is 103 Å². The van der Waals surface area contributed by atoms with Gasteiger partial charge in [0.1, 0.15) is 11.7 Å². The molecule has 0 unspecified atom stereocenters. The van der Waals surface area contributed by atoms with Crippen molar-refractivity contribution in [2.75, 3.05) is 13.6 Å². The molecule has 46 heavy (non-hydrogen) atoms. The second-order valence-corrected chi connectivity index (χ2v) is 13.5. The molecule has 1 aliphatic heterocycles. The Morgan fingerprint density at radius 1 is 1.04 bits per heavy atom. The zero-order valence-electron chi connectivity index (χ0n) is 27.6. The Balaban J connectivity index is 1.65. The number of benzene rings is 1. The summed E-state index contributed by atoms with van der Waals surface area (Å²) in [6, 6.07) is 7.55. The number of carboxylic acids is 1. The molecule has 12 heteroatoms. The van der Waals surface area contributed by atoms with Gasteiger partial charge in [0.05, 0.1) is 6.04 Å². The number of rotatable bonds is 17. The maximum Gasteiger partial charge on any atom is 0.303 e. The number of thiazole rings is 1. The number of likely N-dealkylation sites (N-methyl/N-ethyl adjacent to an activating group) is 1. The SMILES string of the molecule is CC[C@H](C)[C@H](NC(=O)[C@H]1CCCCN1C)C(=O)N[C@H](CC(=O)c1nc(C(=O)N[C@H](CCC(=O)O)Cc2ccccc2)cs1)C(C)C. The molecule has 1 aromatic carbocycles. The van der Waals surface area contributed by atoms with Gasteiger partial charge >= 0.3 is 5.97 Å². The molecule has 1 saturated heterocycles. The Hall–Kier alpha value is -3.64. The summed E-state index contributed by atoms with van der Waals surface area (Å²) in [5.41, 5.74) is 1.05. The number of ketones is 1. The number of carboxylic acid groups (broad SMARTS) is 1. The van der Waals surface area contributed by atoms with Crippen LogP contribution in [0, 0.1) is 11.8 Å². The maximum absolute atomic E-state index is 13.5. The Morgan fingerprint density at radius 2 is 1.76 bits per heavy atom. The van der Waals surface area contributed by atoms with Gasteiger partial charge in [0.2, 0.25) is 11.8 Å². The van der Waals surface area contributed by atoms with E-state index in [1.807, 2.05) is 70.0 Å². The van der Waals surface area contributed by atoms with Crippen LogP contribution in [0.15, 0.2) is 35.7 Å². The lowest BCUT2D eigenvalue weighted by Gasteiger charge is -2.34. The van der Waals surface area contributed by atoms with Crippen molar-refractivity contribution < 1.29 is 29.1 Å². The summed E-state index contributed by atoms with van der Waals surface area (Å²) in [5, 5.41) is 19.7. The minimum Gasteiger partial charge on any atom is -0.481 e. The average molecular weight is 656 g/mol. The summed E-state index contributed by atoms with van der Waals surface area (Å²) < 4.78 is 0. The predicted octanol–water partition coefficient (Wildman–Crippen LogP) is 4.08. The smallest absolute Gasteiger partial charge is 0.303 e. The van der Waals surface area contributed by atoms with E-state index in [1.165, 1.54) is 5.38 Å². The number of hydrogen-bond acceptors (Lipinski definition) is 8. The van der Waals surface area contributed by atoms with E-state index in [2.05, 4.69) is 20.9 Å². The van der Waals surface area contributed by atoms with Crippen molar-refractivity contribution in [1.29, 1.82) is 0 Å². The molecule has 0 radical (unpaired) electrons. The van der Waals surface area contributed by atoms with Gasteiger partial charge in [0.15, 0.2) is 10.8 Å². The van der Waals surface area contributed by atoms with E-state index < -0.39 is 30.0 Å². The molecule has 4 N–H and O–H groups in total. The molecule has 3 amide bonds. The number of piperidine rings is 1. The molecule has 0 bridgehead atoms. The number of nitrogens with zero attached hydrogens (tertiary/aromatic N) is 2. The van der Waals surface area contributed by atoms with Crippen LogP contribution in [-0.4, -0.2) is 82.2 Å². The fourth-order valence-corrected chi connectivity index (χ4v) is 6.31. The molecule has 0 saturated carbocycles. The van der Waals surface area contributed by atoms with Crippen molar-refractivity contribution in [3.63, 3.8) is 0 Å². The van der Waals surface area contributed by atoms with Crippen LogP contribution in [0.25, 0.3) is 0 Å². The van der Waals surface area contributed by atoms with Gasteiger partial charge in [-0.2, -0.15) is 0 Å². The van der Waals surface area contributed by atoms with E-state index >= 15 is 0 Å². The summed E-state index contributed by atoms with van der Waals surface area (Å²) >= 11 is 1.06. The van der Waals surface area contributed by atoms with E-state index in [1.54, 1.807) is 0 Å². The first kappa shape index (κ1) is 36.8. The van der Waals surface area contributed by atoms with Crippen LogP contribution < -0.4 is 16.0 Å².